The molecule has 0 spiro atoms. The van der Waals surface area contributed by atoms with Crippen LogP contribution in [0.3, 0.4) is 0 Å². The Bertz CT molecular complexity index is 898. The molecule has 0 heterocycles. The van der Waals surface area contributed by atoms with Crippen LogP contribution in [0.15, 0.2) is 78.9 Å². The Morgan fingerprint density at radius 2 is 1.25 bits per heavy atom. The average Bonchev–Trinajstić information content (AvgIpc) is 2.80. The molecule has 0 unspecified atom stereocenters. The highest BCUT2D eigenvalue weighted by atomic mass is 35.5. The van der Waals surface area contributed by atoms with Gasteiger partial charge in [-0.3, -0.25) is 0 Å². The number of carbonyl (C=O) groups excluding carboxylic acids is 1. The molecule has 3 aromatic carbocycles. The van der Waals surface area contributed by atoms with Crippen LogP contribution in [-0.2, 0) is 12.8 Å². The number of nitrogens with one attached hydrogen (secondary N) is 2. The summed E-state index contributed by atoms with van der Waals surface area (Å²) in [6.45, 7) is 3.43. The van der Waals surface area contributed by atoms with E-state index in [-0.39, 0.29) is 6.03 Å². The Morgan fingerprint density at radius 1 is 0.719 bits per heavy atom. The lowest BCUT2D eigenvalue weighted by atomic mass is 10.1. The second-order valence-corrected chi connectivity index (χ2v) is 8.57. The first-order valence-corrected chi connectivity index (χ1v) is 11.7. The van der Waals surface area contributed by atoms with Crippen LogP contribution in [0.2, 0.25) is 10.0 Å². The van der Waals surface area contributed by atoms with E-state index in [1.807, 2.05) is 54.6 Å². The monoisotopic (exact) mass is 469 g/mol. The first-order chi connectivity index (χ1) is 15.6. The fourth-order valence-corrected chi connectivity index (χ4v) is 3.67. The molecule has 0 fully saturated rings. The SMILES string of the molecule is O=C(NCCCN(CCc1ccc(Cl)cc1)CCc1ccc(Cl)cc1)Nc1ccccc1. The van der Waals surface area contributed by atoms with Crippen molar-refractivity contribution in [3.63, 3.8) is 0 Å². The summed E-state index contributed by atoms with van der Waals surface area (Å²) in [4.78, 5) is 14.5. The number of halogens is 2. The topological polar surface area (TPSA) is 44.4 Å². The maximum Gasteiger partial charge on any atom is 0.319 e. The molecule has 0 aliphatic carbocycles. The predicted molar refractivity (Wildman–Crippen MR) is 135 cm³/mol. The van der Waals surface area contributed by atoms with E-state index in [4.69, 9.17) is 23.2 Å². The molecule has 0 atom stereocenters. The zero-order valence-electron chi connectivity index (χ0n) is 18.1. The first-order valence-electron chi connectivity index (χ1n) is 10.9. The van der Waals surface area contributed by atoms with Gasteiger partial charge in [0.05, 0.1) is 0 Å². The molecule has 0 saturated heterocycles. The number of amides is 2. The molecule has 32 heavy (non-hydrogen) atoms. The highest BCUT2D eigenvalue weighted by molar-refractivity contribution is 6.30. The third kappa shape index (κ3) is 8.91. The Balaban J connectivity index is 1.46. The van der Waals surface area contributed by atoms with Gasteiger partial charge in [-0.05, 0) is 73.3 Å². The molecule has 3 rings (SSSR count). The van der Waals surface area contributed by atoms with Gasteiger partial charge in [0.25, 0.3) is 0 Å². The van der Waals surface area contributed by atoms with E-state index >= 15 is 0 Å². The van der Waals surface area contributed by atoms with E-state index in [1.54, 1.807) is 0 Å². The van der Waals surface area contributed by atoms with Gasteiger partial charge < -0.3 is 15.5 Å². The maximum atomic E-state index is 12.1. The minimum atomic E-state index is -0.176. The molecule has 2 N–H and O–H groups in total. The number of urea groups is 1. The van der Waals surface area contributed by atoms with E-state index in [0.717, 1.165) is 54.6 Å². The average molecular weight is 470 g/mol. The summed E-state index contributed by atoms with van der Waals surface area (Å²) in [5.41, 5.74) is 3.33. The van der Waals surface area contributed by atoms with Gasteiger partial charge in [-0.25, -0.2) is 4.79 Å². The third-order valence-electron chi connectivity index (χ3n) is 5.23. The number of para-hydroxylation sites is 1. The van der Waals surface area contributed by atoms with E-state index < -0.39 is 0 Å². The van der Waals surface area contributed by atoms with Gasteiger partial charge in [0.15, 0.2) is 0 Å². The highest BCUT2D eigenvalue weighted by Crippen LogP contribution is 2.12. The molecule has 0 saturated carbocycles. The maximum absolute atomic E-state index is 12.1. The molecule has 0 bridgehead atoms. The Kier molecular flexibility index (Phi) is 9.89. The van der Waals surface area contributed by atoms with E-state index in [9.17, 15) is 4.79 Å². The van der Waals surface area contributed by atoms with Crippen LogP contribution in [0.25, 0.3) is 0 Å². The first kappa shape index (κ1) is 24.1. The van der Waals surface area contributed by atoms with Gasteiger partial charge in [0, 0.05) is 35.4 Å². The van der Waals surface area contributed by atoms with Gasteiger partial charge in [0.1, 0.15) is 0 Å². The van der Waals surface area contributed by atoms with Gasteiger partial charge in [-0.15, -0.1) is 0 Å². The number of nitrogens with zero attached hydrogens (tertiary/aromatic N) is 1. The lowest BCUT2D eigenvalue weighted by molar-refractivity contribution is 0.249. The van der Waals surface area contributed by atoms with Crippen molar-refractivity contribution in [1.29, 1.82) is 0 Å². The van der Waals surface area contributed by atoms with Crippen LogP contribution in [0.1, 0.15) is 17.5 Å². The molecular formula is C26H29Cl2N3O. The predicted octanol–water partition coefficient (Wildman–Crippen LogP) is 6.29. The summed E-state index contributed by atoms with van der Waals surface area (Å²) in [5.74, 6) is 0. The molecule has 0 aromatic heterocycles. The zero-order chi connectivity index (χ0) is 22.6. The largest absolute Gasteiger partial charge is 0.338 e. The zero-order valence-corrected chi connectivity index (χ0v) is 19.6. The number of carbonyl (C=O) groups is 1. The smallest absolute Gasteiger partial charge is 0.319 e. The van der Waals surface area contributed by atoms with Gasteiger partial charge in [0.2, 0.25) is 0 Å². The molecule has 3 aromatic rings. The molecule has 0 radical (unpaired) electrons. The lowest BCUT2D eigenvalue weighted by Gasteiger charge is -2.22. The van der Waals surface area contributed by atoms with Crippen LogP contribution in [0, 0.1) is 0 Å². The van der Waals surface area contributed by atoms with Crippen molar-refractivity contribution in [3.8, 4) is 0 Å². The summed E-state index contributed by atoms with van der Waals surface area (Å²) in [6, 6.07) is 25.3. The second-order valence-electron chi connectivity index (χ2n) is 7.70. The minimum Gasteiger partial charge on any atom is -0.338 e. The molecule has 168 valence electrons. The quantitative estimate of drug-likeness (QED) is 0.324. The molecule has 6 heteroatoms. The number of hydrogen-bond acceptors (Lipinski definition) is 2. The van der Waals surface area contributed by atoms with Crippen LogP contribution in [0.4, 0.5) is 10.5 Å². The number of anilines is 1. The summed E-state index contributed by atoms with van der Waals surface area (Å²) in [5, 5.41) is 7.30. The minimum absolute atomic E-state index is 0.176. The van der Waals surface area contributed by atoms with Crippen LogP contribution in [-0.4, -0.2) is 37.1 Å². The van der Waals surface area contributed by atoms with E-state index in [0.29, 0.717) is 6.54 Å². The molecule has 0 aliphatic heterocycles. The normalized spacial score (nSPS) is 10.8. The summed E-state index contributed by atoms with van der Waals surface area (Å²) in [6.07, 6.45) is 2.79. The highest BCUT2D eigenvalue weighted by Gasteiger charge is 2.08. The van der Waals surface area contributed by atoms with E-state index in [1.165, 1.54) is 11.1 Å². The van der Waals surface area contributed by atoms with Crippen molar-refractivity contribution < 1.29 is 4.79 Å². The van der Waals surface area contributed by atoms with Crippen molar-refractivity contribution >= 4 is 34.9 Å². The van der Waals surface area contributed by atoms with Crippen LogP contribution in [0.5, 0.6) is 0 Å². The van der Waals surface area contributed by atoms with Gasteiger partial charge in [-0.2, -0.15) is 0 Å². The number of hydrogen-bond donors (Lipinski definition) is 2. The van der Waals surface area contributed by atoms with Gasteiger partial charge in [-0.1, -0.05) is 65.7 Å². The number of benzene rings is 3. The fourth-order valence-electron chi connectivity index (χ4n) is 3.41. The fraction of sp³-hybridized carbons (Fsp3) is 0.269. The molecule has 0 aliphatic rings. The van der Waals surface area contributed by atoms with Crippen LogP contribution >= 0.6 is 23.2 Å². The van der Waals surface area contributed by atoms with Crippen molar-refractivity contribution in [2.45, 2.75) is 19.3 Å². The van der Waals surface area contributed by atoms with Gasteiger partial charge >= 0.3 is 6.03 Å². The second kappa shape index (κ2) is 13.1. The lowest BCUT2D eigenvalue weighted by Crippen LogP contribution is -2.34. The van der Waals surface area contributed by atoms with E-state index in [2.05, 4.69) is 39.8 Å². The number of rotatable bonds is 11. The van der Waals surface area contributed by atoms with Crippen molar-refractivity contribution in [1.82, 2.24) is 10.2 Å². The third-order valence-corrected chi connectivity index (χ3v) is 5.73. The Hall–Kier alpha value is -2.53. The molecule has 2 amide bonds. The summed E-state index contributed by atoms with van der Waals surface area (Å²) >= 11 is 12.0. The standard InChI is InChI=1S/C26H29Cl2N3O/c27-23-11-7-21(8-12-23)15-19-31(20-16-22-9-13-24(28)14-10-22)18-4-17-29-26(32)30-25-5-2-1-3-6-25/h1-3,5-14H,4,15-20H2,(H2,29,30,32). The summed E-state index contributed by atoms with van der Waals surface area (Å²) in [7, 11) is 0. The Labute approximate surface area is 200 Å². The van der Waals surface area contributed by atoms with Crippen LogP contribution < -0.4 is 10.6 Å². The van der Waals surface area contributed by atoms with Crippen molar-refractivity contribution in [2.75, 3.05) is 31.5 Å². The molecule has 4 nitrogen and oxygen atoms in total. The van der Waals surface area contributed by atoms with Crippen molar-refractivity contribution in [2.24, 2.45) is 0 Å². The Morgan fingerprint density at radius 3 is 1.78 bits per heavy atom. The van der Waals surface area contributed by atoms with Crippen molar-refractivity contribution in [3.05, 3.63) is 100 Å². The summed E-state index contributed by atoms with van der Waals surface area (Å²) < 4.78 is 0. The molecular weight excluding hydrogens is 441 g/mol.